The Kier molecular flexibility index (Phi) is 5.07. The van der Waals surface area contributed by atoms with Crippen LogP contribution in [-0.2, 0) is 18.6 Å². The Hall–Kier alpha value is -1.32. The second kappa shape index (κ2) is 6.63. The maximum Gasteiger partial charge on any atom is 0.123 e. The molecule has 0 fully saturated rings. The van der Waals surface area contributed by atoms with Gasteiger partial charge in [-0.3, -0.25) is 0 Å². The highest BCUT2D eigenvalue weighted by Crippen LogP contribution is 2.32. The van der Waals surface area contributed by atoms with Gasteiger partial charge in [0, 0.05) is 21.9 Å². The van der Waals surface area contributed by atoms with E-state index >= 15 is 0 Å². The lowest BCUT2D eigenvalue weighted by Crippen LogP contribution is -2.13. The zero-order valence-corrected chi connectivity index (χ0v) is 14.4. The number of ether oxygens (including phenoxy) is 1. The first-order valence-electron chi connectivity index (χ1n) is 7.37. The van der Waals surface area contributed by atoms with E-state index in [9.17, 15) is 0 Å². The van der Waals surface area contributed by atoms with E-state index in [1.54, 1.807) is 0 Å². The van der Waals surface area contributed by atoms with Crippen LogP contribution in [-0.4, -0.2) is 7.05 Å². The summed E-state index contributed by atoms with van der Waals surface area (Å²) >= 11 is 1.84. The van der Waals surface area contributed by atoms with E-state index in [0.717, 1.165) is 12.3 Å². The van der Waals surface area contributed by atoms with Crippen molar-refractivity contribution >= 4 is 11.3 Å². The normalized spacial score (nSPS) is 11.7. The average Bonchev–Trinajstić information content (AvgIpc) is 2.76. The summed E-state index contributed by atoms with van der Waals surface area (Å²) in [5.41, 5.74) is 2.64. The summed E-state index contributed by atoms with van der Waals surface area (Å²) in [4.78, 5) is 2.70. The van der Waals surface area contributed by atoms with E-state index in [1.807, 2.05) is 24.5 Å². The Balaban J connectivity index is 2.14. The molecule has 2 rings (SSSR count). The molecule has 2 aromatic rings. The van der Waals surface area contributed by atoms with Crippen molar-refractivity contribution in [2.75, 3.05) is 7.05 Å². The van der Waals surface area contributed by atoms with E-state index in [2.05, 4.69) is 57.3 Å². The van der Waals surface area contributed by atoms with Gasteiger partial charge in [0.2, 0.25) is 0 Å². The van der Waals surface area contributed by atoms with Crippen molar-refractivity contribution in [3.8, 4) is 5.75 Å². The van der Waals surface area contributed by atoms with Crippen molar-refractivity contribution in [2.45, 2.75) is 46.3 Å². The van der Waals surface area contributed by atoms with Gasteiger partial charge in [0.05, 0.1) is 0 Å². The van der Waals surface area contributed by atoms with Crippen molar-refractivity contribution in [1.82, 2.24) is 5.32 Å². The summed E-state index contributed by atoms with van der Waals surface area (Å²) in [5, 5.41) is 3.20. The molecular weight excluding hydrogens is 278 g/mol. The van der Waals surface area contributed by atoms with Gasteiger partial charge in [-0.05, 0) is 37.1 Å². The van der Waals surface area contributed by atoms with Crippen LogP contribution < -0.4 is 10.1 Å². The van der Waals surface area contributed by atoms with Crippen LogP contribution in [0.4, 0.5) is 0 Å². The van der Waals surface area contributed by atoms with Crippen molar-refractivity contribution in [3.63, 3.8) is 0 Å². The molecule has 0 amide bonds. The molecule has 3 heteroatoms. The first-order chi connectivity index (χ1) is 9.91. The number of rotatable bonds is 5. The summed E-state index contributed by atoms with van der Waals surface area (Å²) in [6.45, 7) is 10.4. The van der Waals surface area contributed by atoms with Crippen LogP contribution in [0, 0.1) is 6.92 Å². The molecule has 0 bridgehead atoms. The van der Waals surface area contributed by atoms with Crippen LogP contribution in [0.2, 0.25) is 0 Å². The third-order valence-electron chi connectivity index (χ3n) is 3.50. The van der Waals surface area contributed by atoms with E-state index in [4.69, 9.17) is 4.74 Å². The molecule has 0 aliphatic rings. The van der Waals surface area contributed by atoms with E-state index in [0.29, 0.717) is 6.61 Å². The lowest BCUT2D eigenvalue weighted by Gasteiger charge is -2.22. The predicted molar refractivity (Wildman–Crippen MR) is 91.3 cm³/mol. The smallest absolute Gasteiger partial charge is 0.123 e. The third-order valence-corrected chi connectivity index (χ3v) is 4.59. The lowest BCUT2D eigenvalue weighted by atomic mass is 9.86. The van der Waals surface area contributed by atoms with Gasteiger partial charge in [-0.2, -0.15) is 0 Å². The van der Waals surface area contributed by atoms with Crippen LogP contribution >= 0.6 is 11.3 Å². The SMILES string of the molecule is CNCc1cc(COc2ccccc2C(C)(C)C)c(C)s1. The predicted octanol–water partition coefficient (Wildman–Crippen LogP) is 4.65. The fraction of sp³-hybridized carbons (Fsp3) is 0.444. The highest BCUT2D eigenvalue weighted by atomic mass is 32.1. The zero-order chi connectivity index (χ0) is 15.5. The Morgan fingerprint density at radius 1 is 1.19 bits per heavy atom. The Labute approximate surface area is 132 Å². The number of para-hydroxylation sites is 1. The molecule has 1 N–H and O–H groups in total. The minimum atomic E-state index is 0.0948. The van der Waals surface area contributed by atoms with Gasteiger partial charge in [0.25, 0.3) is 0 Å². The molecule has 2 nitrogen and oxygen atoms in total. The van der Waals surface area contributed by atoms with Crippen molar-refractivity contribution in [1.29, 1.82) is 0 Å². The summed E-state index contributed by atoms with van der Waals surface area (Å²) in [6, 6.07) is 10.6. The lowest BCUT2D eigenvalue weighted by molar-refractivity contribution is 0.297. The van der Waals surface area contributed by atoms with Gasteiger partial charge in [-0.15, -0.1) is 11.3 Å². The van der Waals surface area contributed by atoms with Crippen LogP contribution in [0.25, 0.3) is 0 Å². The minimum absolute atomic E-state index is 0.0948. The Morgan fingerprint density at radius 3 is 2.57 bits per heavy atom. The molecule has 0 radical (unpaired) electrons. The van der Waals surface area contributed by atoms with Crippen molar-refractivity contribution < 1.29 is 4.74 Å². The van der Waals surface area contributed by atoms with Crippen LogP contribution in [0.1, 0.15) is 41.7 Å². The molecule has 0 saturated heterocycles. The Morgan fingerprint density at radius 2 is 1.90 bits per heavy atom. The first-order valence-corrected chi connectivity index (χ1v) is 8.18. The summed E-state index contributed by atoms with van der Waals surface area (Å²) in [6.07, 6.45) is 0. The molecule has 0 atom stereocenters. The zero-order valence-electron chi connectivity index (χ0n) is 13.6. The number of hydrogen-bond donors (Lipinski definition) is 1. The third kappa shape index (κ3) is 4.08. The number of benzene rings is 1. The molecule has 1 aromatic carbocycles. The molecule has 1 aromatic heterocycles. The van der Waals surface area contributed by atoms with E-state index in [1.165, 1.54) is 20.9 Å². The molecule has 0 spiro atoms. The van der Waals surface area contributed by atoms with Crippen LogP contribution in [0.15, 0.2) is 30.3 Å². The fourth-order valence-corrected chi connectivity index (χ4v) is 3.42. The quantitative estimate of drug-likeness (QED) is 0.868. The van der Waals surface area contributed by atoms with E-state index < -0.39 is 0 Å². The summed E-state index contributed by atoms with van der Waals surface area (Å²) in [7, 11) is 1.98. The maximum atomic E-state index is 6.11. The summed E-state index contributed by atoms with van der Waals surface area (Å²) in [5.74, 6) is 0.991. The van der Waals surface area contributed by atoms with Gasteiger partial charge in [0.15, 0.2) is 0 Å². The van der Waals surface area contributed by atoms with Gasteiger partial charge < -0.3 is 10.1 Å². The average molecular weight is 303 g/mol. The standard InChI is InChI=1S/C18H25NOS/c1-13-14(10-15(21-13)11-19-5)12-20-17-9-7-6-8-16(17)18(2,3)4/h6-10,19H,11-12H2,1-5H3. The minimum Gasteiger partial charge on any atom is -0.489 e. The highest BCUT2D eigenvalue weighted by molar-refractivity contribution is 7.12. The van der Waals surface area contributed by atoms with Crippen LogP contribution in [0.5, 0.6) is 5.75 Å². The molecule has 0 unspecified atom stereocenters. The number of thiophene rings is 1. The Bertz CT molecular complexity index is 596. The molecule has 21 heavy (non-hydrogen) atoms. The van der Waals surface area contributed by atoms with Crippen molar-refractivity contribution in [3.05, 3.63) is 51.2 Å². The van der Waals surface area contributed by atoms with Crippen LogP contribution in [0.3, 0.4) is 0 Å². The van der Waals surface area contributed by atoms with Gasteiger partial charge in [-0.1, -0.05) is 39.0 Å². The second-order valence-electron chi connectivity index (χ2n) is 6.36. The largest absolute Gasteiger partial charge is 0.489 e. The van der Waals surface area contributed by atoms with E-state index in [-0.39, 0.29) is 5.41 Å². The van der Waals surface area contributed by atoms with Crippen molar-refractivity contribution in [2.24, 2.45) is 0 Å². The fourth-order valence-electron chi connectivity index (χ4n) is 2.36. The molecule has 1 heterocycles. The number of aryl methyl sites for hydroxylation is 1. The second-order valence-corrected chi connectivity index (χ2v) is 7.70. The number of nitrogens with one attached hydrogen (secondary N) is 1. The van der Waals surface area contributed by atoms with Gasteiger partial charge in [-0.25, -0.2) is 0 Å². The monoisotopic (exact) mass is 303 g/mol. The molecule has 0 aliphatic heterocycles. The number of hydrogen-bond acceptors (Lipinski definition) is 3. The molecular formula is C18H25NOS. The maximum absolute atomic E-state index is 6.11. The molecule has 0 aliphatic carbocycles. The molecule has 0 saturated carbocycles. The summed E-state index contributed by atoms with van der Waals surface area (Å²) < 4.78 is 6.11. The first kappa shape index (κ1) is 16.1. The highest BCUT2D eigenvalue weighted by Gasteiger charge is 2.18. The van der Waals surface area contributed by atoms with Gasteiger partial charge in [0.1, 0.15) is 12.4 Å². The van der Waals surface area contributed by atoms with Gasteiger partial charge >= 0.3 is 0 Å². The topological polar surface area (TPSA) is 21.3 Å². The molecule has 114 valence electrons.